The first-order chi connectivity index (χ1) is 28.7. The third-order valence-electron chi connectivity index (χ3n) is 12.4. The third-order valence-corrected chi connectivity index (χ3v) is 13.2. The van der Waals surface area contributed by atoms with E-state index in [0.717, 1.165) is 35.1 Å². The van der Waals surface area contributed by atoms with Crippen LogP contribution in [0.4, 0.5) is 0 Å². The van der Waals surface area contributed by atoms with Gasteiger partial charge < -0.3 is 9.72 Å². The van der Waals surface area contributed by atoms with E-state index in [0.29, 0.717) is 45.4 Å². The van der Waals surface area contributed by atoms with Crippen LogP contribution in [0.15, 0.2) is 132 Å². The van der Waals surface area contributed by atoms with Crippen molar-refractivity contribution in [3.8, 4) is 17.1 Å². The zero-order valence-corrected chi connectivity index (χ0v) is 36.9. The Morgan fingerprint density at radius 1 is 0.852 bits per heavy atom. The summed E-state index contributed by atoms with van der Waals surface area (Å²) in [6.07, 6.45) is 4.21. The number of Topliss-reactive ketones (excluding diaryl/α,β-unsaturated/α-hetero) is 3. The number of nitrogens with zero attached hydrogens (tertiary/aromatic N) is 1. The fourth-order valence-corrected chi connectivity index (χ4v) is 8.61. The number of fused-ring (bicyclic) bond motifs is 3. The summed E-state index contributed by atoms with van der Waals surface area (Å²) in [6, 6.07) is 36.5. The second-order valence-corrected chi connectivity index (χ2v) is 19.1. The molecule has 0 amide bonds. The van der Waals surface area contributed by atoms with E-state index < -0.39 is 10.1 Å². The van der Waals surface area contributed by atoms with E-state index >= 15 is 0 Å². The summed E-state index contributed by atoms with van der Waals surface area (Å²) in [5.41, 5.74) is 7.85. The standard InChI is InChI=1S/C20H22O3.C18H22O.C13H10N2O3S/c1-20(2,3)16-9-5-14(6-10-16)18(21)13-19(22)15-7-11-17(23-4)12-8-15;1-12-5-7-13(8-6-12)11-14-15-9-10-18(4,16(14)19)17(15,2)3;16-19(17,18)10-6-7-11-12(8-10)15-13(14-11)9-4-2-1-3-5-9/h5-12H,13H2,1-4H3;5-8,11,15H,9-10H2,1-4H3;1-8H,(H,14,15)(H,16,17,18)/b;14-11-;. The predicted octanol–water partition coefficient (Wildman–Crippen LogP) is 11.3. The molecule has 61 heavy (non-hydrogen) atoms. The highest BCUT2D eigenvalue weighted by molar-refractivity contribution is 7.85. The van der Waals surface area contributed by atoms with Gasteiger partial charge in [0.15, 0.2) is 17.3 Å². The van der Waals surface area contributed by atoms with Crippen molar-refractivity contribution in [2.45, 2.75) is 78.0 Å². The summed E-state index contributed by atoms with van der Waals surface area (Å²) in [7, 11) is -2.63. The zero-order valence-electron chi connectivity index (χ0n) is 36.1. The van der Waals surface area contributed by atoms with Crippen molar-refractivity contribution in [1.29, 1.82) is 0 Å². The van der Waals surface area contributed by atoms with Crippen LogP contribution in [0.2, 0.25) is 0 Å². The van der Waals surface area contributed by atoms with Crippen LogP contribution in [0.3, 0.4) is 0 Å². The number of rotatable bonds is 8. The van der Waals surface area contributed by atoms with Gasteiger partial charge in [0.1, 0.15) is 11.6 Å². The Bertz CT molecular complexity index is 2690. The minimum atomic E-state index is -4.20. The Hall–Kier alpha value is -5.97. The van der Waals surface area contributed by atoms with Crippen LogP contribution in [0, 0.1) is 23.7 Å². The smallest absolute Gasteiger partial charge is 0.294 e. The number of aromatic amines is 1. The maximum atomic E-state index is 12.7. The number of aromatic nitrogens is 2. The minimum Gasteiger partial charge on any atom is -0.497 e. The summed E-state index contributed by atoms with van der Waals surface area (Å²) >= 11 is 0. The molecule has 316 valence electrons. The molecule has 1 aromatic heterocycles. The number of ether oxygens (including phenoxy) is 1. The highest BCUT2D eigenvalue weighted by atomic mass is 32.2. The van der Waals surface area contributed by atoms with Gasteiger partial charge in [-0.05, 0) is 102 Å². The highest BCUT2D eigenvalue weighted by Gasteiger charge is 2.63. The molecule has 0 aliphatic heterocycles. The lowest BCUT2D eigenvalue weighted by Crippen LogP contribution is -2.32. The van der Waals surface area contributed by atoms with Crippen molar-refractivity contribution < 1.29 is 32.1 Å². The number of carbonyl (C=O) groups is 3. The van der Waals surface area contributed by atoms with Crippen molar-refractivity contribution in [2.24, 2.45) is 16.7 Å². The van der Waals surface area contributed by atoms with Crippen molar-refractivity contribution in [3.05, 3.63) is 155 Å². The minimum absolute atomic E-state index is 0.0422. The number of aryl methyl sites for hydroxylation is 1. The van der Waals surface area contributed by atoms with E-state index in [1.807, 2.05) is 42.5 Å². The normalized spacial score (nSPS) is 18.5. The molecule has 5 aromatic carbocycles. The van der Waals surface area contributed by atoms with Crippen molar-refractivity contribution >= 4 is 44.6 Å². The largest absolute Gasteiger partial charge is 0.497 e. The monoisotopic (exact) mass is 838 g/mol. The van der Waals surface area contributed by atoms with Crippen LogP contribution in [-0.2, 0) is 20.3 Å². The lowest BCUT2D eigenvalue weighted by Gasteiger charge is -2.31. The molecule has 9 nitrogen and oxygen atoms in total. The molecule has 6 aromatic rings. The lowest BCUT2D eigenvalue weighted by atomic mass is 9.70. The quantitative estimate of drug-likeness (QED) is 0.0667. The summed E-state index contributed by atoms with van der Waals surface area (Å²) in [4.78, 5) is 44.4. The molecule has 2 fully saturated rings. The number of hydrogen-bond acceptors (Lipinski definition) is 7. The maximum absolute atomic E-state index is 12.7. The number of allylic oxidation sites excluding steroid dienone is 1. The average molecular weight is 839 g/mol. The summed E-state index contributed by atoms with van der Waals surface area (Å²) in [5.74, 6) is 1.82. The van der Waals surface area contributed by atoms with E-state index in [1.54, 1.807) is 49.6 Å². The third kappa shape index (κ3) is 9.82. The van der Waals surface area contributed by atoms with E-state index in [4.69, 9.17) is 9.29 Å². The molecule has 2 bridgehead atoms. The fourth-order valence-electron chi connectivity index (χ4n) is 8.10. The molecule has 2 unspecified atom stereocenters. The molecule has 0 spiro atoms. The number of hydrogen-bond donors (Lipinski definition) is 2. The van der Waals surface area contributed by atoms with Crippen LogP contribution in [-0.4, -0.2) is 47.4 Å². The molecule has 2 atom stereocenters. The molecule has 8 rings (SSSR count). The molecule has 2 saturated carbocycles. The lowest BCUT2D eigenvalue weighted by molar-refractivity contribution is -0.125. The number of H-pyrrole nitrogens is 1. The van der Waals surface area contributed by atoms with Crippen LogP contribution in [0.25, 0.3) is 28.5 Å². The molecule has 10 heteroatoms. The number of carbonyl (C=O) groups excluding carboxylic acids is 3. The number of nitrogens with one attached hydrogen (secondary N) is 1. The van der Waals surface area contributed by atoms with Crippen LogP contribution in [0.1, 0.15) is 98.2 Å². The summed E-state index contributed by atoms with van der Waals surface area (Å²) < 4.78 is 36.2. The van der Waals surface area contributed by atoms with Gasteiger partial charge in [-0.2, -0.15) is 8.42 Å². The number of imidazole rings is 1. The number of methoxy groups -OCH3 is 1. The van der Waals surface area contributed by atoms with Crippen LogP contribution >= 0.6 is 0 Å². The molecule has 2 aliphatic carbocycles. The molecule has 0 radical (unpaired) electrons. The molecule has 2 aliphatic rings. The van der Waals surface area contributed by atoms with Crippen molar-refractivity contribution in [3.63, 3.8) is 0 Å². The zero-order chi connectivity index (χ0) is 44.3. The Kier molecular flexibility index (Phi) is 12.8. The molecular formula is C51H54N2O7S. The van der Waals surface area contributed by atoms with E-state index in [1.165, 1.54) is 17.7 Å². The number of ketones is 3. The van der Waals surface area contributed by atoms with Crippen LogP contribution in [0.5, 0.6) is 5.75 Å². The Morgan fingerprint density at radius 3 is 1.97 bits per heavy atom. The molecule has 2 N–H and O–H groups in total. The van der Waals surface area contributed by atoms with Gasteiger partial charge in [-0.15, -0.1) is 0 Å². The Balaban J connectivity index is 0.000000154. The van der Waals surface area contributed by atoms with E-state index in [-0.39, 0.29) is 39.1 Å². The molecular weight excluding hydrogens is 785 g/mol. The SMILES string of the molecule is COc1ccc(C(=O)CC(=O)c2ccc(C(C)(C)C)cc2)cc1.Cc1ccc(/C=C2\C(=O)C3(C)CCC2C3(C)C)cc1.O=S(=O)(O)c1ccc2nc(-c3ccccc3)[nH]c2c1. The van der Waals surface area contributed by atoms with Gasteiger partial charge in [0, 0.05) is 22.1 Å². The van der Waals surface area contributed by atoms with E-state index in [9.17, 15) is 22.8 Å². The van der Waals surface area contributed by atoms with Gasteiger partial charge in [0.25, 0.3) is 10.1 Å². The Morgan fingerprint density at radius 2 is 1.44 bits per heavy atom. The van der Waals surface area contributed by atoms with Gasteiger partial charge in [0.05, 0.1) is 29.5 Å². The average Bonchev–Trinajstić information content (AvgIpc) is 3.81. The predicted molar refractivity (Wildman–Crippen MR) is 242 cm³/mol. The van der Waals surface area contributed by atoms with Gasteiger partial charge in [-0.25, -0.2) is 4.98 Å². The second-order valence-electron chi connectivity index (χ2n) is 17.7. The fraction of sp³-hybridized carbons (Fsp3) is 0.294. The van der Waals surface area contributed by atoms with Crippen molar-refractivity contribution in [1.82, 2.24) is 9.97 Å². The Labute approximate surface area is 359 Å². The maximum Gasteiger partial charge on any atom is 0.294 e. The van der Waals surface area contributed by atoms with E-state index in [2.05, 4.69) is 88.8 Å². The highest BCUT2D eigenvalue weighted by Crippen LogP contribution is 2.65. The first-order valence-electron chi connectivity index (χ1n) is 20.4. The summed E-state index contributed by atoms with van der Waals surface area (Å²) in [5, 5.41) is 0. The topological polar surface area (TPSA) is 143 Å². The van der Waals surface area contributed by atoms with Gasteiger partial charge in [0.2, 0.25) is 0 Å². The first kappa shape index (κ1) is 44.6. The van der Waals surface area contributed by atoms with Crippen LogP contribution < -0.4 is 4.74 Å². The number of benzene rings is 5. The molecule has 1 heterocycles. The van der Waals surface area contributed by atoms with Gasteiger partial charge >= 0.3 is 0 Å². The molecule has 0 saturated heterocycles. The van der Waals surface area contributed by atoms with Gasteiger partial charge in [-0.3, -0.25) is 18.9 Å². The first-order valence-corrected chi connectivity index (χ1v) is 21.8. The summed E-state index contributed by atoms with van der Waals surface area (Å²) in [6.45, 7) is 15.1. The van der Waals surface area contributed by atoms with Gasteiger partial charge in [-0.1, -0.05) is 126 Å². The second kappa shape index (κ2) is 17.6. The van der Waals surface area contributed by atoms with Crippen molar-refractivity contribution in [2.75, 3.05) is 7.11 Å².